The van der Waals surface area contributed by atoms with E-state index in [4.69, 9.17) is 15.9 Å². The lowest BCUT2D eigenvalue weighted by Gasteiger charge is -2.24. The van der Waals surface area contributed by atoms with E-state index in [-0.39, 0.29) is 12.8 Å². The van der Waals surface area contributed by atoms with Crippen LogP contribution in [-0.4, -0.2) is 45.2 Å². The Balaban J connectivity index is 2.87. The molecule has 1 fully saturated rings. The van der Waals surface area contributed by atoms with Crippen LogP contribution in [0.1, 0.15) is 12.8 Å². The molecule has 0 aromatic carbocycles. The molecule has 0 aromatic rings. The van der Waals surface area contributed by atoms with E-state index < -0.39 is 30.1 Å². The summed E-state index contributed by atoms with van der Waals surface area (Å²) in [6, 6.07) is -1.02. The van der Waals surface area contributed by atoms with Gasteiger partial charge in [0.2, 0.25) is 18.0 Å². The summed E-state index contributed by atoms with van der Waals surface area (Å²) in [5.41, 5.74) is 4.95. The summed E-state index contributed by atoms with van der Waals surface area (Å²) >= 11 is 0. The molecular formula is C7H10N2O5. The molecule has 0 radical (unpaired) electrons. The number of primary amides is 1. The van der Waals surface area contributed by atoms with Crippen molar-refractivity contribution in [2.24, 2.45) is 5.73 Å². The van der Waals surface area contributed by atoms with Crippen molar-refractivity contribution in [1.82, 2.24) is 4.90 Å². The molecule has 1 aliphatic rings. The number of aliphatic hydroxyl groups is 1. The fourth-order valence-electron chi connectivity index (χ4n) is 1.41. The van der Waals surface area contributed by atoms with Crippen LogP contribution in [-0.2, 0) is 14.4 Å². The van der Waals surface area contributed by atoms with Crippen molar-refractivity contribution in [2.45, 2.75) is 25.1 Å². The fourth-order valence-corrected chi connectivity index (χ4v) is 1.41. The lowest BCUT2D eigenvalue weighted by molar-refractivity contribution is -0.166. The second kappa shape index (κ2) is 3.62. The Kier molecular flexibility index (Phi) is 2.70. The number of carboxylic acid groups (broad SMARTS) is 1. The Hall–Kier alpha value is -1.63. The van der Waals surface area contributed by atoms with Crippen molar-refractivity contribution in [3.63, 3.8) is 0 Å². The van der Waals surface area contributed by atoms with Gasteiger partial charge in [-0.25, -0.2) is 4.79 Å². The van der Waals surface area contributed by atoms with Gasteiger partial charge in [-0.3, -0.25) is 14.5 Å². The number of carbonyl (C=O) groups is 3. The number of likely N-dealkylation sites (tertiary alicyclic amines) is 1. The fraction of sp³-hybridized carbons (Fsp3) is 0.571. The van der Waals surface area contributed by atoms with Gasteiger partial charge < -0.3 is 15.9 Å². The van der Waals surface area contributed by atoms with Crippen LogP contribution in [0.25, 0.3) is 0 Å². The highest BCUT2D eigenvalue weighted by atomic mass is 16.4. The zero-order chi connectivity index (χ0) is 10.9. The molecule has 14 heavy (non-hydrogen) atoms. The first-order chi connectivity index (χ1) is 6.45. The maximum absolute atomic E-state index is 11.1. The number of hydrogen-bond acceptors (Lipinski definition) is 4. The molecule has 0 spiro atoms. The summed E-state index contributed by atoms with van der Waals surface area (Å²) < 4.78 is 0. The molecule has 4 N–H and O–H groups in total. The van der Waals surface area contributed by atoms with E-state index in [1.54, 1.807) is 0 Å². The van der Waals surface area contributed by atoms with E-state index in [1.807, 2.05) is 0 Å². The van der Waals surface area contributed by atoms with Crippen LogP contribution in [0.5, 0.6) is 0 Å². The molecule has 0 saturated carbocycles. The van der Waals surface area contributed by atoms with E-state index in [0.29, 0.717) is 4.90 Å². The van der Waals surface area contributed by atoms with Gasteiger partial charge in [0.1, 0.15) is 6.04 Å². The van der Waals surface area contributed by atoms with Crippen molar-refractivity contribution >= 4 is 17.8 Å². The standard InChI is InChI=1S/C7H10N2O5/c8-5(11)3-1-2-4(10)9(3)6(12)7(13)14/h3,6,12H,1-2H2,(H2,8,11)(H,13,14)/t3-,6?/m0/s1. The van der Waals surface area contributed by atoms with Crippen molar-refractivity contribution < 1.29 is 24.6 Å². The first-order valence-corrected chi connectivity index (χ1v) is 3.96. The van der Waals surface area contributed by atoms with E-state index in [1.165, 1.54) is 0 Å². The van der Waals surface area contributed by atoms with Gasteiger partial charge in [-0.1, -0.05) is 0 Å². The summed E-state index contributed by atoms with van der Waals surface area (Å²) in [7, 11) is 0. The zero-order valence-electron chi connectivity index (χ0n) is 7.21. The number of aliphatic carboxylic acids is 1. The monoisotopic (exact) mass is 202 g/mol. The maximum atomic E-state index is 11.1. The highest BCUT2D eigenvalue weighted by Gasteiger charge is 2.41. The predicted molar refractivity (Wildman–Crippen MR) is 42.7 cm³/mol. The minimum atomic E-state index is -2.00. The quantitative estimate of drug-likeness (QED) is 0.482. The summed E-state index contributed by atoms with van der Waals surface area (Å²) in [5, 5.41) is 17.6. The van der Waals surface area contributed by atoms with Gasteiger partial charge in [0.25, 0.3) is 0 Å². The van der Waals surface area contributed by atoms with E-state index in [2.05, 4.69) is 0 Å². The van der Waals surface area contributed by atoms with Crippen LogP contribution < -0.4 is 5.73 Å². The summed E-state index contributed by atoms with van der Waals surface area (Å²) in [6.45, 7) is 0. The number of carboxylic acids is 1. The third-order valence-corrected chi connectivity index (χ3v) is 2.07. The molecule has 0 aromatic heterocycles. The summed E-state index contributed by atoms with van der Waals surface area (Å²) in [4.78, 5) is 32.9. The summed E-state index contributed by atoms with van der Waals surface area (Å²) in [6.07, 6.45) is -1.82. The normalized spacial score (nSPS) is 23.6. The molecule has 78 valence electrons. The number of carbonyl (C=O) groups excluding carboxylic acids is 2. The average Bonchev–Trinajstić information content (AvgIpc) is 2.45. The lowest BCUT2D eigenvalue weighted by Crippen LogP contribution is -2.51. The van der Waals surface area contributed by atoms with Gasteiger partial charge in [-0.2, -0.15) is 0 Å². The molecule has 2 amide bonds. The Morgan fingerprint density at radius 3 is 2.57 bits per heavy atom. The predicted octanol–water partition coefficient (Wildman–Crippen LogP) is -2.13. The highest BCUT2D eigenvalue weighted by molar-refractivity contribution is 5.92. The van der Waals surface area contributed by atoms with Crippen LogP contribution in [0.2, 0.25) is 0 Å². The van der Waals surface area contributed by atoms with Crippen molar-refractivity contribution in [3.05, 3.63) is 0 Å². The SMILES string of the molecule is NC(=O)[C@@H]1CCC(=O)N1C(O)C(=O)O. The third kappa shape index (κ3) is 1.67. The van der Waals surface area contributed by atoms with Gasteiger partial charge >= 0.3 is 5.97 Å². The van der Waals surface area contributed by atoms with Crippen LogP contribution >= 0.6 is 0 Å². The molecule has 0 bridgehead atoms. The molecule has 0 aliphatic carbocycles. The second-order valence-electron chi connectivity index (χ2n) is 2.97. The van der Waals surface area contributed by atoms with E-state index in [0.717, 1.165) is 0 Å². The maximum Gasteiger partial charge on any atom is 0.354 e. The van der Waals surface area contributed by atoms with Crippen molar-refractivity contribution in [3.8, 4) is 0 Å². The number of rotatable bonds is 3. The minimum absolute atomic E-state index is 0.0257. The van der Waals surface area contributed by atoms with Crippen LogP contribution in [0.3, 0.4) is 0 Å². The number of nitrogens with two attached hydrogens (primary N) is 1. The van der Waals surface area contributed by atoms with Gasteiger partial charge in [-0.15, -0.1) is 0 Å². The molecule has 1 heterocycles. The molecular weight excluding hydrogens is 192 g/mol. The second-order valence-corrected chi connectivity index (χ2v) is 2.97. The first kappa shape index (κ1) is 10.5. The van der Waals surface area contributed by atoms with Crippen molar-refractivity contribution in [2.75, 3.05) is 0 Å². The largest absolute Gasteiger partial charge is 0.478 e. The van der Waals surface area contributed by atoms with Crippen LogP contribution in [0, 0.1) is 0 Å². The Labute approximate surface area is 79.1 Å². The molecule has 1 aliphatic heterocycles. The Morgan fingerprint density at radius 2 is 2.14 bits per heavy atom. The summed E-state index contributed by atoms with van der Waals surface area (Å²) in [5.74, 6) is -2.97. The van der Waals surface area contributed by atoms with E-state index in [9.17, 15) is 14.4 Å². The lowest BCUT2D eigenvalue weighted by atomic mass is 10.2. The van der Waals surface area contributed by atoms with Gasteiger partial charge in [0.05, 0.1) is 0 Å². The number of hydrogen-bond donors (Lipinski definition) is 3. The van der Waals surface area contributed by atoms with E-state index >= 15 is 0 Å². The van der Waals surface area contributed by atoms with Gasteiger partial charge in [-0.05, 0) is 6.42 Å². The molecule has 2 atom stereocenters. The average molecular weight is 202 g/mol. The van der Waals surface area contributed by atoms with Crippen LogP contribution in [0.4, 0.5) is 0 Å². The number of nitrogens with zero attached hydrogens (tertiary/aromatic N) is 1. The third-order valence-electron chi connectivity index (χ3n) is 2.07. The smallest absolute Gasteiger partial charge is 0.354 e. The Morgan fingerprint density at radius 1 is 1.57 bits per heavy atom. The zero-order valence-corrected chi connectivity index (χ0v) is 7.21. The Bertz CT molecular complexity index is 290. The number of amides is 2. The highest BCUT2D eigenvalue weighted by Crippen LogP contribution is 2.20. The molecule has 1 unspecified atom stereocenters. The number of aliphatic hydroxyl groups excluding tert-OH is 1. The molecule has 1 saturated heterocycles. The first-order valence-electron chi connectivity index (χ1n) is 3.96. The molecule has 7 heteroatoms. The van der Waals surface area contributed by atoms with Gasteiger partial charge in [0.15, 0.2) is 0 Å². The molecule has 1 rings (SSSR count). The van der Waals surface area contributed by atoms with Gasteiger partial charge in [0, 0.05) is 6.42 Å². The van der Waals surface area contributed by atoms with Crippen molar-refractivity contribution in [1.29, 1.82) is 0 Å². The molecule has 7 nitrogen and oxygen atoms in total. The topological polar surface area (TPSA) is 121 Å². The van der Waals surface area contributed by atoms with Crippen LogP contribution in [0.15, 0.2) is 0 Å². The minimum Gasteiger partial charge on any atom is -0.478 e.